The lowest BCUT2D eigenvalue weighted by molar-refractivity contribution is -0.137. The third-order valence-electron chi connectivity index (χ3n) is 6.31. The van der Waals surface area contributed by atoms with Gasteiger partial charge in [0.25, 0.3) is 0 Å². The van der Waals surface area contributed by atoms with Crippen molar-refractivity contribution in [1.82, 2.24) is 4.57 Å². The number of benzene rings is 2. The zero-order valence-corrected chi connectivity index (χ0v) is 19.9. The van der Waals surface area contributed by atoms with E-state index in [4.69, 9.17) is 0 Å². The van der Waals surface area contributed by atoms with Crippen LogP contribution in [-0.2, 0) is 27.2 Å². The first-order valence-corrected chi connectivity index (χ1v) is 12.9. The van der Waals surface area contributed by atoms with E-state index in [0.29, 0.717) is 16.8 Å². The van der Waals surface area contributed by atoms with Crippen molar-refractivity contribution in [3.8, 4) is 11.3 Å². The highest BCUT2D eigenvalue weighted by molar-refractivity contribution is 7.90. The van der Waals surface area contributed by atoms with Crippen LogP contribution in [0.2, 0.25) is 0 Å². The maximum atomic E-state index is 14.2. The predicted octanol–water partition coefficient (Wildman–Crippen LogP) is 5.93. The summed E-state index contributed by atoms with van der Waals surface area (Å²) in [7, 11) is -3.75. The van der Waals surface area contributed by atoms with Crippen molar-refractivity contribution < 1.29 is 30.8 Å². The largest absolute Gasteiger partial charge is 0.417 e. The predicted molar refractivity (Wildman–Crippen MR) is 124 cm³/mol. The van der Waals surface area contributed by atoms with Gasteiger partial charge in [0.15, 0.2) is 9.84 Å². The number of nitrogens with one attached hydrogen (secondary N) is 1. The summed E-state index contributed by atoms with van der Waals surface area (Å²) in [6.45, 7) is 1.70. The first-order valence-electron chi connectivity index (χ1n) is 11.0. The second-order valence-electron chi connectivity index (χ2n) is 8.81. The van der Waals surface area contributed by atoms with Gasteiger partial charge in [-0.2, -0.15) is 13.2 Å². The summed E-state index contributed by atoms with van der Waals surface area (Å²) >= 11 is 0. The molecule has 0 saturated heterocycles. The van der Waals surface area contributed by atoms with Crippen LogP contribution >= 0.6 is 0 Å². The molecule has 0 bridgehead atoms. The highest BCUT2D eigenvalue weighted by atomic mass is 32.2. The minimum atomic E-state index is -4.53. The molecular formula is C25H24F4N2O3S. The molecule has 2 aromatic carbocycles. The Morgan fingerprint density at radius 1 is 1.14 bits per heavy atom. The molecule has 1 N–H and O–H groups in total. The summed E-state index contributed by atoms with van der Waals surface area (Å²) in [5.74, 6) is -1.48. The van der Waals surface area contributed by atoms with E-state index in [1.807, 2.05) is 4.57 Å². The van der Waals surface area contributed by atoms with E-state index in [0.717, 1.165) is 43.7 Å². The number of nitrogens with zero attached hydrogens (tertiary/aromatic N) is 1. The summed E-state index contributed by atoms with van der Waals surface area (Å²) in [5.41, 5.74) is 0.985. The molecule has 1 aliphatic rings. The van der Waals surface area contributed by atoms with E-state index in [9.17, 15) is 30.8 Å². The van der Waals surface area contributed by atoms with Gasteiger partial charge in [-0.3, -0.25) is 4.79 Å². The molecular weight excluding hydrogens is 484 g/mol. The van der Waals surface area contributed by atoms with Crippen molar-refractivity contribution in [2.24, 2.45) is 0 Å². The SMILES string of the molecule is Cc1c(CC(=O)Nc2ccc(S(C)(=O)=O)c(F)c2)cn(C2CCC2)c1-c1ccccc1C(F)(F)F. The summed E-state index contributed by atoms with van der Waals surface area (Å²) < 4.78 is 80.4. The van der Waals surface area contributed by atoms with Crippen LogP contribution in [0.3, 0.4) is 0 Å². The summed E-state index contributed by atoms with van der Waals surface area (Å²) in [4.78, 5) is 12.2. The zero-order valence-electron chi connectivity index (χ0n) is 19.1. The maximum Gasteiger partial charge on any atom is 0.417 e. The molecule has 4 rings (SSSR count). The van der Waals surface area contributed by atoms with E-state index in [2.05, 4.69) is 5.32 Å². The van der Waals surface area contributed by atoms with Gasteiger partial charge >= 0.3 is 6.18 Å². The number of hydrogen-bond acceptors (Lipinski definition) is 3. The summed E-state index contributed by atoms with van der Waals surface area (Å²) in [6, 6.07) is 8.74. The molecule has 1 saturated carbocycles. The molecule has 35 heavy (non-hydrogen) atoms. The monoisotopic (exact) mass is 508 g/mol. The molecule has 10 heteroatoms. The van der Waals surface area contributed by atoms with Crippen molar-refractivity contribution in [3.05, 3.63) is 71.2 Å². The number of halogens is 4. The Hall–Kier alpha value is -3.14. The highest BCUT2D eigenvalue weighted by Crippen LogP contribution is 2.43. The van der Waals surface area contributed by atoms with Crippen LogP contribution in [0.4, 0.5) is 23.2 Å². The summed E-state index contributed by atoms with van der Waals surface area (Å²) in [6.07, 6.45) is 0.606. The molecule has 1 aromatic heterocycles. The van der Waals surface area contributed by atoms with Crippen molar-refractivity contribution in [1.29, 1.82) is 0 Å². The minimum absolute atomic E-state index is 0.0550. The van der Waals surface area contributed by atoms with Crippen molar-refractivity contribution >= 4 is 21.4 Å². The number of alkyl halides is 3. The number of carbonyl (C=O) groups is 1. The van der Waals surface area contributed by atoms with Gasteiger partial charge < -0.3 is 9.88 Å². The third kappa shape index (κ3) is 5.12. The molecule has 186 valence electrons. The minimum Gasteiger partial charge on any atom is -0.344 e. The van der Waals surface area contributed by atoms with Gasteiger partial charge in [0.1, 0.15) is 10.7 Å². The quantitative estimate of drug-likeness (QED) is 0.420. The fourth-order valence-electron chi connectivity index (χ4n) is 4.34. The van der Waals surface area contributed by atoms with Gasteiger partial charge in [0, 0.05) is 29.7 Å². The lowest BCUT2D eigenvalue weighted by Crippen LogP contribution is -2.18. The van der Waals surface area contributed by atoms with Crippen LogP contribution in [0.1, 0.15) is 42.0 Å². The van der Waals surface area contributed by atoms with Crippen LogP contribution in [0.5, 0.6) is 0 Å². The second-order valence-corrected chi connectivity index (χ2v) is 10.8. The van der Waals surface area contributed by atoms with E-state index >= 15 is 0 Å². The lowest BCUT2D eigenvalue weighted by atomic mass is 9.91. The molecule has 0 aliphatic heterocycles. The highest BCUT2D eigenvalue weighted by Gasteiger charge is 2.35. The normalized spacial score (nSPS) is 14.6. The molecule has 5 nitrogen and oxygen atoms in total. The van der Waals surface area contributed by atoms with Crippen LogP contribution < -0.4 is 5.32 Å². The Bertz CT molecular complexity index is 1390. The van der Waals surface area contributed by atoms with Crippen LogP contribution in [-0.4, -0.2) is 25.1 Å². The molecule has 0 spiro atoms. The fourth-order valence-corrected chi connectivity index (χ4v) is 5.07. The number of anilines is 1. The van der Waals surface area contributed by atoms with Gasteiger partial charge in [-0.15, -0.1) is 0 Å². The van der Waals surface area contributed by atoms with Crippen LogP contribution in [0.25, 0.3) is 11.3 Å². The van der Waals surface area contributed by atoms with Gasteiger partial charge in [0.05, 0.1) is 17.7 Å². The standard InChI is InChI=1S/C25H24F4N2O3S/c1-15-16(12-23(32)30-17-10-11-22(21(26)13-17)35(2,33)34)14-31(18-6-5-7-18)24(15)19-8-3-4-9-20(19)25(27,28)29/h3-4,8-11,13-14,18H,5-7,12H2,1-2H3,(H,30,32). The Morgan fingerprint density at radius 3 is 2.40 bits per heavy atom. The average Bonchev–Trinajstić information content (AvgIpc) is 3.00. The third-order valence-corrected chi connectivity index (χ3v) is 7.44. The average molecular weight is 509 g/mol. The van der Waals surface area contributed by atoms with Gasteiger partial charge in [-0.05, 0) is 61.6 Å². The van der Waals surface area contributed by atoms with Gasteiger partial charge in [0.2, 0.25) is 5.91 Å². The molecule has 1 heterocycles. The Morgan fingerprint density at radius 2 is 1.83 bits per heavy atom. The Kier molecular flexibility index (Phi) is 6.52. The van der Waals surface area contributed by atoms with Crippen LogP contribution in [0.15, 0.2) is 53.6 Å². The number of carbonyl (C=O) groups excluding carboxylic acids is 1. The zero-order chi connectivity index (χ0) is 25.5. The smallest absolute Gasteiger partial charge is 0.344 e. The van der Waals surface area contributed by atoms with Crippen molar-refractivity contribution in [2.45, 2.75) is 49.7 Å². The maximum absolute atomic E-state index is 14.2. The van der Waals surface area contributed by atoms with E-state index < -0.39 is 38.2 Å². The number of amides is 1. The van der Waals surface area contributed by atoms with Crippen molar-refractivity contribution in [3.63, 3.8) is 0 Å². The van der Waals surface area contributed by atoms with Gasteiger partial charge in [-0.25, -0.2) is 12.8 Å². The molecule has 1 amide bonds. The van der Waals surface area contributed by atoms with E-state index in [1.165, 1.54) is 18.2 Å². The molecule has 1 aliphatic carbocycles. The topological polar surface area (TPSA) is 68.2 Å². The molecule has 3 aromatic rings. The number of rotatable bonds is 6. The first-order chi connectivity index (χ1) is 16.4. The Balaban J connectivity index is 1.66. The molecule has 0 atom stereocenters. The second kappa shape index (κ2) is 9.14. The molecule has 0 radical (unpaired) electrons. The Labute approximate surface area is 200 Å². The van der Waals surface area contributed by atoms with Crippen LogP contribution in [0, 0.1) is 12.7 Å². The fraction of sp³-hybridized carbons (Fsp3) is 0.320. The number of sulfone groups is 1. The number of aromatic nitrogens is 1. The molecule has 1 fully saturated rings. The van der Waals surface area contributed by atoms with E-state index in [1.54, 1.807) is 19.2 Å². The first kappa shape index (κ1) is 25.0. The van der Waals surface area contributed by atoms with Gasteiger partial charge in [-0.1, -0.05) is 18.2 Å². The number of hydrogen-bond donors (Lipinski definition) is 1. The lowest BCUT2D eigenvalue weighted by Gasteiger charge is -2.30. The van der Waals surface area contributed by atoms with Crippen molar-refractivity contribution in [2.75, 3.05) is 11.6 Å². The molecule has 0 unspecified atom stereocenters. The summed E-state index contributed by atoms with van der Waals surface area (Å²) in [5, 5.41) is 2.54. The van der Waals surface area contributed by atoms with E-state index in [-0.39, 0.29) is 23.7 Å².